The Hall–Kier alpha value is -1.27. The van der Waals surface area contributed by atoms with E-state index in [0.717, 1.165) is 30.0 Å². The first-order valence-corrected chi connectivity index (χ1v) is 7.96. The topological polar surface area (TPSA) is 77.8 Å². The van der Waals surface area contributed by atoms with Crippen molar-refractivity contribution in [2.24, 2.45) is 11.7 Å². The molecular formula is C14H20N4OS. The van der Waals surface area contributed by atoms with Gasteiger partial charge in [-0.05, 0) is 25.7 Å². The van der Waals surface area contributed by atoms with E-state index in [4.69, 9.17) is 10.3 Å². The Labute approximate surface area is 122 Å². The highest BCUT2D eigenvalue weighted by Gasteiger charge is 2.37. The average Bonchev–Trinajstić information content (AvgIpc) is 2.99. The van der Waals surface area contributed by atoms with Crippen LogP contribution in [0.5, 0.6) is 0 Å². The lowest BCUT2D eigenvalue weighted by atomic mass is 9.77. The zero-order valence-electron chi connectivity index (χ0n) is 11.9. The van der Waals surface area contributed by atoms with Crippen LogP contribution in [-0.2, 0) is 12.0 Å². The molecule has 20 heavy (non-hydrogen) atoms. The van der Waals surface area contributed by atoms with Crippen molar-refractivity contribution in [3.05, 3.63) is 27.8 Å². The summed E-state index contributed by atoms with van der Waals surface area (Å²) in [7, 11) is 0. The number of thiazole rings is 1. The largest absolute Gasteiger partial charge is 0.337 e. The molecule has 1 aliphatic carbocycles. The van der Waals surface area contributed by atoms with Crippen molar-refractivity contribution in [2.45, 2.75) is 51.5 Å². The van der Waals surface area contributed by atoms with Gasteiger partial charge in [0.15, 0.2) is 5.82 Å². The maximum atomic E-state index is 6.47. The lowest BCUT2D eigenvalue weighted by molar-refractivity contribution is 0.183. The molecule has 0 bridgehead atoms. The molecule has 6 heteroatoms. The van der Waals surface area contributed by atoms with Crippen molar-refractivity contribution in [1.29, 1.82) is 0 Å². The molecule has 3 rings (SSSR count). The SMILES string of the molecule is Cc1nc(Cc2noc(C3(N)CCCC(C)C3)n2)cs1. The Bertz CT molecular complexity index is 594. The highest BCUT2D eigenvalue weighted by molar-refractivity contribution is 7.09. The molecule has 2 aromatic rings. The molecule has 0 saturated heterocycles. The van der Waals surface area contributed by atoms with Crippen LogP contribution < -0.4 is 5.73 Å². The molecule has 2 N–H and O–H groups in total. The molecule has 0 radical (unpaired) electrons. The van der Waals surface area contributed by atoms with Crippen molar-refractivity contribution in [2.75, 3.05) is 0 Å². The van der Waals surface area contributed by atoms with Crippen LogP contribution in [0.3, 0.4) is 0 Å². The quantitative estimate of drug-likeness (QED) is 0.941. The number of rotatable bonds is 3. The Morgan fingerprint density at radius 3 is 3.05 bits per heavy atom. The summed E-state index contributed by atoms with van der Waals surface area (Å²) in [5.74, 6) is 1.88. The molecule has 0 amide bonds. The monoisotopic (exact) mass is 292 g/mol. The van der Waals surface area contributed by atoms with Gasteiger partial charge < -0.3 is 10.3 Å². The molecule has 108 valence electrons. The third-order valence-corrected chi connectivity index (χ3v) is 4.75. The fraction of sp³-hybridized carbons (Fsp3) is 0.643. The van der Waals surface area contributed by atoms with Crippen molar-refractivity contribution >= 4 is 11.3 Å². The van der Waals surface area contributed by atoms with Crippen LogP contribution in [0.2, 0.25) is 0 Å². The minimum absolute atomic E-state index is 0.444. The molecule has 1 aliphatic rings. The Morgan fingerprint density at radius 1 is 1.50 bits per heavy atom. The number of hydrogen-bond acceptors (Lipinski definition) is 6. The van der Waals surface area contributed by atoms with Gasteiger partial charge in [-0.2, -0.15) is 4.98 Å². The van der Waals surface area contributed by atoms with Gasteiger partial charge in [0.05, 0.1) is 22.7 Å². The number of nitrogens with two attached hydrogens (primary N) is 1. The standard InChI is InChI=1S/C14H20N4OS/c1-9-4-3-5-14(15,7-9)13-17-12(18-19-13)6-11-8-20-10(2)16-11/h8-9H,3-7,15H2,1-2H3. The number of nitrogens with zero attached hydrogens (tertiary/aromatic N) is 3. The molecule has 2 atom stereocenters. The van der Waals surface area contributed by atoms with Crippen LogP contribution in [-0.4, -0.2) is 15.1 Å². The van der Waals surface area contributed by atoms with E-state index >= 15 is 0 Å². The van der Waals surface area contributed by atoms with E-state index in [1.807, 2.05) is 12.3 Å². The number of aryl methyl sites for hydroxylation is 1. The van der Waals surface area contributed by atoms with Crippen molar-refractivity contribution in [3.63, 3.8) is 0 Å². The Balaban J connectivity index is 1.76. The fourth-order valence-corrected chi connectivity index (χ4v) is 3.58. The van der Waals surface area contributed by atoms with Crippen LogP contribution in [0.4, 0.5) is 0 Å². The van der Waals surface area contributed by atoms with Gasteiger partial charge in [-0.3, -0.25) is 0 Å². The van der Waals surface area contributed by atoms with E-state index in [1.165, 1.54) is 6.42 Å². The molecule has 1 fully saturated rings. The Morgan fingerprint density at radius 2 is 2.35 bits per heavy atom. The molecule has 2 heterocycles. The van der Waals surface area contributed by atoms with Crippen molar-refractivity contribution in [1.82, 2.24) is 15.1 Å². The highest BCUT2D eigenvalue weighted by Crippen LogP contribution is 2.36. The van der Waals surface area contributed by atoms with Gasteiger partial charge in [0.2, 0.25) is 5.89 Å². The zero-order chi connectivity index (χ0) is 14.2. The zero-order valence-corrected chi connectivity index (χ0v) is 12.7. The van der Waals surface area contributed by atoms with Crippen molar-refractivity contribution in [3.8, 4) is 0 Å². The first-order valence-electron chi connectivity index (χ1n) is 7.08. The molecule has 2 unspecified atom stereocenters. The smallest absolute Gasteiger partial charge is 0.246 e. The minimum atomic E-state index is -0.444. The van der Waals surface area contributed by atoms with Gasteiger partial charge in [0.25, 0.3) is 0 Å². The summed E-state index contributed by atoms with van der Waals surface area (Å²) >= 11 is 1.64. The molecule has 0 aromatic carbocycles. The van der Waals surface area contributed by atoms with E-state index < -0.39 is 5.54 Å². The predicted molar refractivity (Wildman–Crippen MR) is 77.5 cm³/mol. The van der Waals surface area contributed by atoms with Crippen LogP contribution in [0.25, 0.3) is 0 Å². The molecule has 2 aromatic heterocycles. The lowest BCUT2D eigenvalue weighted by Crippen LogP contribution is -2.41. The summed E-state index contributed by atoms with van der Waals surface area (Å²) < 4.78 is 5.42. The molecular weight excluding hydrogens is 272 g/mol. The highest BCUT2D eigenvalue weighted by atomic mass is 32.1. The molecule has 1 saturated carbocycles. The lowest BCUT2D eigenvalue weighted by Gasteiger charge is -2.33. The fourth-order valence-electron chi connectivity index (χ4n) is 2.97. The maximum Gasteiger partial charge on any atom is 0.246 e. The van der Waals surface area contributed by atoms with Crippen LogP contribution in [0.1, 0.15) is 55.0 Å². The molecule has 5 nitrogen and oxygen atoms in total. The third kappa shape index (κ3) is 2.76. The van der Waals surface area contributed by atoms with Crippen LogP contribution in [0, 0.1) is 12.8 Å². The van der Waals surface area contributed by atoms with Gasteiger partial charge in [-0.1, -0.05) is 24.9 Å². The van der Waals surface area contributed by atoms with Gasteiger partial charge >= 0.3 is 0 Å². The maximum absolute atomic E-state index is 6.47. The van der Waals surface area contributed by atoms with E-state index in [1.54, 1.807) is 11.3 Å². The summed E-state index contributed by atoms with van der Waals surface area (Å²) in [6, 6.07) is 0. The Kier molecular flexibility index (Phi) is 3.60. The first kappa shape index (κ1) is 13.7. The normalized spacial score (nSPS) is 26.9. The van der Waals surface area contributed by atoms with Gasteiger partial charge in [-0.15, -0.1) is 11.3 Å². The van der Waals surface area contributed by atoms with Crippen LogP contribution in [0.15, 0.2) is 9.90 Å². The minimum Gasteiger partial charge on any atom is -0.337 e. The van der Waals surface area contributed by atoms with E-state index in [2.05, 4.69) is 22.0 Å². The van der Waals surface area contributed by atoms with E-state index in [-0.39, 0.29) is 0 Å². The number of hydrogen-bond donors (Lipinski definition) is 1. The van der Waals surface area contributed by atoms with Gasteiger partial charge in [-0.25, -0.2) is 4.98 Å². The molecule has 0 spiro atoms. The van der Waals surface area contributed by atoms with Gasteiger partial charge in [0, 0.05) is 5.38 Å². The van der Waals surface area contributed by atoms with E-state index in [0.29, 0.717) is 24.1 Å². The van der Waals surface area contributed by atoms with Crippen molar-refractivity contribution < 1.29 is 4.52 Å². The summed E-state index contributed by atoms with van der Waals surface area (Å²) in [5, 5.41) is 7.15. The van der Waals surface area contributed by atoms with Crippen LogP contribution >= 0.6 is 11.3 Å². The second kappa shape index (κ2) is 5.26. The summed E-state index contributed by atoms with van der Waals surface area (Å²) in [5.41, 5.74) is 7.02. The molecule has 0 aliphatic heterocycles. The third-order valence-electron chi connectivity index (χ3n) is 3.93. The first-order chi connectivity index (χ1) is 9.55. The van der Waals surface area contributed by atoms with Gasteiger partial charge in [0.1, 0.15) is 0 Å². The predicted octanol–water partition coefficient (Wildman–Crippen LogP) is 2.79. The van der Waals surface area contributed by atoms with E-state index in [9.17, 15) is 0 Å². The average molecular weight is 292 g/mol. The summed E-state index contributed by atoms with van der Waals surface area (Å²) in [6.07, 6.45) is 4.82. The second-order valence-electron chi connectivity index (χ2n) is 5.91. The number of aromatic nitrogens is 3. The second-order valence-corrected chi connectivity index (χ2v) is 6.97. The summed E-state index contributed by atoms with van der Waals surface area (Å²) in [4.78, 5) is 8.93. The summed E-state index contributed by atoms with van der Waals surface area (Å²) in [6.45, 7) is 4.23.